The van der Waals surface area contributed by atoms with Gasteiger partial charge in [-0.15, -0.1) is 0 Å². The molecule has 0 aromatic carbocycles. The van der Waals surface area contributed by atoms with Gasteiger partial charge in [0.25, 0.3) is 0 Å². The first-order valence-corrected chi connectivity index (χ1v) is 6.75. The second-order valence-corrected chi connectivity index (χ2v) is 6.64. The van der Waals surface area contributed by atoms with E-state index in [2.05, 4.69) is 13.0 Å². The van der Waals surface area contributed by atoms with Gasteiger partial charge in [0.1, 0.15) is 5.78 Å². The van der Waals surface area contributed by atoms with Crippen LogP contribution < -0.4 is 0 Å². The summed E-state index contributed by atoms with van der Waals surface area (Å²) >= 11 is 0. The Kier molecular flexibility index (Phi) is 3.19. The zero-order chi connectivity index (χ0) is 12.7. The zero-order valence-electron chi connectivity index (χ0n) is 11.3. The van der Waals surface area contributed by atoms with E-state index < -0.39 is 5.60 Å². The molecule has 0 heterocycles. The lowest BCUT2D eigenvalue weighted by Crippen LogP contribution is -2.35. The van der Waals surface area contributed by atoms with Gasteiger partial charge in [-0.25, -0.2) is 0 Å². The first kappa shape index (κ1) is 12.8. The van der Waals surface area contributed by atoms with E-state index >= 15 is 0 Å². The van der Waals surface area contributed by atoms with Crippen molar-refractivity contribution in [2.75, 3.05) is 0 Å². The van der Waals surface area contributed by atoms with Gasteiger partial charge in [0.2, 0.25) is 0 Å². The fraction of sp³-hybridized carbons (Fsp3) is 0.800. The summed E-state index contributed by atoms with van der Waals surface area (Å²) in [6.45, 7) is 5.95. The number of ketones is 1. The number of fused-ring (bicyclic) bond motifs is 1. The molecule has 0 radical (unpaired) electrons. The molecular formula is C15H24O2. The predicted molar refractivity (Wildman–Crippen MR) is 68.7 cm³/mol. The first-order chi connectivity index (χ1) is 7.81. The number of aliphatic hydroxyl groups is 1. The summed E-state index contributed by atoms with van der Waals surface area (Å²) in [4.78, 5) is 12.0. The highest BCUT2D eigenvalue weighted by Crippen LogP contribution is 2.47. The Morgan fingerprint density at radius 2 is 2.12 bits per heavy atom. The minimum Gasteiger partial charge on any atom is -0.390 e. The standard InChI is InChI=1S/C15H24O2/c1-14(2,17)11-6-8-15(3)7-4-5-12(15)10-13(16)9-11/h5,11,17H,4,6-10H2,1-3H3/t11-,15-/m1/s1. The maximum absolute atomic E-state index is 12.0. The molecule has 1 N–H and O–H groups in total. The van der Waals surface area contributed by atoms with Crippen molar-refractivity contribution in [1.29, 1.82) is 0 Å². The molecule has 2 atom stereocenters. The van der Waals surface area contributed by atoms with Gasteiger partial charge >= 0.3 is 0 Å². The number of carbonyl (C=O) groups is 1. The Morgan fingerprint density at radius 3 is 2.76 bits per heavy atom. The molecule has 0 aromatic heterocycles. The van der Waals surface area contributed by atoms with Crippen molar-refractivity contribution in [3.05, 3.63) is 11.6 Å². The van der Waals surface area contributed by atoms with Crippen LogP contribution in [0.5, 0.6) is 0 Å². The molecule has 0 aliphatic heterocycles. The monoisotopic (exact) mass is 236 g/mol. The van der Waals surface area contributed by atoms with Crippen LogP contribution in [-0.2, 0) is 4.79 Å². The number of rotatable bonds is 1. The Morgan fingerprint density at radius 1 is 1.41 bits per heavy atom. The molecular weight excluding hydrogens is 212 g/mol. The largest absolute Gasteiger partial charge is 0.390 e. The van der Waals surface area contributed by atoms with E-state index in [1.807, 2.05) is 13.8 Å². The van der Waals surface area contributed by atoms with Crippen LogP contribution in [0.15, 0.2) is 11.6 Å². The second kappa shape index (κ2) is 4.24. The first-order valence-electron chi connectivity index (χ1n) is 6.75. The molecule has 0 bridgehead atoms. The highest BCUT2D eigenvalue weighted by atomic mass is 16.3. The van der Waals surface area contributed by atoms with Crippen LogP contribution in [0, 0.1) is 11.3 Å². The maximum atomic E-state index is 12.0. The quantitative estimate of drug-likeness (QED) is 0.710. The van der Waals surface area contributed by atoms with Gasteiger partial charge in [-0.1, -0.05) is 18.6 Å². The van der Waals surface area contributed by atoms with E-state index in [0.29, 0.717) is 18.6 Å². The molecule has 0 saturated heterocycles. The van der Waals surface area contributed by atoms with Crippen LogP contribution in [-0.4, -0.2) is 16.5 Å². The lowest BCUT2D eigenvalue weighted by Gasteiger charge is -2.36. The molecule has 0 spiro atoms. The van der Waals surface area contributed by atoms with Crippen LogP contribution >= 0.6 is 0 Å². The maximum Gasteiger partial charge on any atom is 0.137 e. The van der Waals surface area contributed by atoms with Crippen LogP contribution in [0.25, 0.3) is 0 Å². The molecule has 17 heavy (non-hydrogen) atoms. The van der Waals surface area contributed by atoms with Crippen molar-refractivity contribution in [3.63, 3.8) is 0 Å². The third-order valence-corrected chi connectivity index (χ3v) is 4.77. The summed E-state index contributed by atoms with van der Waals surface area (Å²) in [5, 5.41) is 10.1. The van der Waals surface area contributed by atoms with Gasteiger partial charge in [-0.3, -0.25) is 4.79 Å². The van der Waals surface area contributed by atoms with Gasteiger partial charge < -0.3 is 5.11 Å². The van der Waals surface area contributed by atoms with Gasteiger partial charge in [0.15, 0.2) is 0 Å². The van der Waals surface area contributed by atoms with E-state index in [0.717, 1.165) is 19.3 Å². The van der Waals surface area contributed by atoms with Crippen molar-refractivity contribution >= 4 is 5.78 Å². The number of hydrogen-bond donors (Lipinski definition) is 1. The molecule has 0 aromatic rings. The summed E-state index contributed by atoms with van der Waals surface area (Å²) in [6.07, 6.45) is 7.78. The molecule has 2 aliphatic rings. The molecule has 2 nitrogen and oxygen atoms in total. The average Bonchev–Trinajstić information content (AvgIpc) is 2.51. The third kappa shape index (κ3) is 2.62. The number of carbonyl (C=O) groups excluding carboxylic acids is 1. The SMILES string of the molecule is CC(C)(O)[C@@H]1CC[C@@]2(C)CCC=C2CC(=O)C1. The molecule has 2 heteroatoms. The molecule has 1 fully saturated rings. The smallest absolute Gasteiger partial charge is 0.137 e. The number of allylic oxidation sites excluding steroid dienone is 2. The van der Waals surface area contributed by atoms with E-state index in [1.54, 1.807) is 0 Å². The Labute approximate surface area is 104 Å². The van der Waals surface area contributed by atoms with Crippen molar-refractivity contribution < 1.29 is 9.90 Å². The van der Waals surface area contributed by atoms with Gasteiger partial charge in [0.05, 0.1) is 5.60 Å². The van der Waals surface area contributed by atoms with Crippen molar-refractivity contribution in [2.24, 2.45) is 11.3 Å². The van der Waals surface area contributed by atoms with Crippen LogP contribution in [0.2, 0.25) is 0 Å². The van der Waals surface area contributed by atoms with E-state index in [9.17, 15) is 9.90 Å². The topological polar surface area (TPSA) is 37.3 Å². The van der Waals surface area contributed by atoms with E-state index in [4.69, 9.17) is 0 Å². The fourth-order valence-corrected chi connectivity index (χ4v) is 3.30. The van der Waals surface area contributed by atoms with E-state index in [-0.39, 0.29) is 11.3 Å². The average molecular weight is 236 g/mol. The lowest BCUT2D eigenvalue weighted by atomic mass is 9.70. The Hall–Kier alpha value is -0.630. The minimum atomic E-state index is -0.730. The summed E-state index contributed by atoms with van der Waals surface area (Å²) in [6, 6.07) is 0. The minimum absolute atomic E-state index is 0.119. The van der Waals surface area contributed by atoms with Crippen molar-refractivity contribution in [2.45, 2.75) is 64.9 Å². The van der Waals surface area contributed by atoms with E-state index in [1.165, 1.54) is 12.0 Å². The van der Waals surface area contributed by atoms with Gasteiger partial charge in [0, 0.05) is 12.8 Å². The third-order valence-electron chi connectivity index (χ3n) is 4.77. The molecule has 0 unspecified atom stereocenters. The Balaban J connectivity index is 2.18. The Bertz CT molecular complexity index is 348. The van der Waals surface area contributed by atoms with Crippen LogP contribution in [0.4, 0.5) is 0 Å². The highest BCUT2D eigenvalue weighted by Gasteiger charge is 2.39. The summed E-state index contributed by atoms with van der Waals surface area (Å²) < 4.78 is 0. The molecule has 1 saturated carbocycles. The van der Waals surface area contributed by atoms with Gasteiger partial charge in [-0.05, 0) is 50.9 Å². The van der Waals surface area contributed by atoms with Gasteiger partial charge in [-0.2, -0.15) is 0 Å². The highest BCUT2D eigenvalue weighted by molar-refractivity contribution is 5.81. The number of hydrogen-bond acceptors (Lipinski definition) is 2. The summed E-state index contributed by atoms with van der Waals surface area (Å²) in [5.74, 6) is 0.421. The van der Waals surface area contributed by atoms with Crippen LogP contribution in [0.1, 0.15) is 59.3 Å². The second-order valence-electron chi connectivity index (χ2n) is 6.64. The zero-order valence-corrected chi connectivity index (χ0v) is 11.3. The molecule has 0 amide bonds. The predicted octanol–water partition coefficient (Wildman–Crippen LogP) is 3.24. The normalized spacial score (nSPS) is 34.9. The summed E-state index contributed by atoms with van der Waals surface area (Å²) in [5.41, 5.74) is 0.850. The summed E-state index contributed by atoms with van der Waals surface area (Å²) in [7, 11) is 0. The number of Topliss-reactive ketones (excluding diaryl/α,β-unsaturated/α-hetero) is 1. The molecule has 96 valence electrons. The fourth-order valence-electron chi connectivity index (χ4n) is 3.30. The molecule has 2 rings (SSSR count). The lowest BCUT2D eigenvalue weighted by molar-refractivity contribution is -0.122. The van der Waals surface area contributed by atoms with Crippen molar-refractivity contribution in [1.82, 2.24) is 0 Å². The van der Waals surface area contributed by atoms with Crippen LogP contribution in [0.3, 0.4) is 0 Å². The molecule has 2 aliphatic carbocycles. The van der Waals surface area contributed by atoms with Crippen molar-refractivity contribution in [3.8, 4) is 0 Å².